The number of aryl methyl sites for hydroxylation is 2. The second-order valence-corrected chi connectivity index (χ2v) is 7.25. The third-order valence-electron chi connectivity index (χ3n) is 4.34. The molecule has 0 aliphatic carbocycles. The van der Waals surface area contributed by atoms with E-state index in [0.717, 1.165) is 38.5 Å². The zero-order valence-electron chi connectivity index (χ0n) is 15.4. The van der Waals surface area contributed by atoms with Crippen molar-refractivity contribution in [2.45, 2.75) is 25.7 Å². The second-order valence-electron chi connectivity index (χ2n) is 6.23. The fourth-order valence-corrected chi connectivity index (χ4v) is 3.69. The molecule has 0 aliphatic heterocycles. The van der Waals surface area contributed by atoms with E-state index >= 15 is 0 Å². The summed E-state index contributed by atoms with van der Waals surface area (Å²) in [5.74, 6) is 1.10. The van der Waals surface area contributed by atoms with Gasteiger partial charge in [0, 0.05) is 21.7 Å². The summed E-state index contributed by atoms with van der Waals surface area (Å²) in [7, 11) is 1.65. The molecule has 134 valence electrons. The lowest BCUT2D eigenvalue weighted by Gasteiger charge is -2.11. The van der Waals surface area contributed by atoms with Crippen LogP contribution in [-0.2, 0) is 4.79 Å². The molecule has 0 aliphatic rings. The highest BCUT2D eigenvalue weighted by atomic mass is 32.2. The van der Waals surface area contributed by atoms with E-state index < -0.39 is 0 Å². The summed E-state index contributed by atoms with van der Waals surface area (Å²) in [5, 5.41) is 4.01. The van der Waals surface area contributed by atoms with Crippen LogP contribution >= 0.6 is 11.8 Å². The van der Waals surface area contributed by atoms with Gasteiger partial charge in [-0.3, -0.25) is 9.78 Å². The molecule has 0 unspecified atom stereocenters. The van der Waals surface area contributed by atoms with Gasteiger partial charge in [0.05, 0.1) is 18.4 Å². The van der Waals surface area contributed by atoms with Gasteiger partial charge >= 0.3 is 0 Å². The number of hydrogen-bond donors (Lipinski definition) is 1. The average molecular weight is 366 g/mol. The Morgan fingerprint density at radius 2 is 1.96 bits per heavy atom. The van der Waals surface area contributed by atoms with Crippen LogP contribution in [0.15, 0.2) is 47.4 Å². The minimum absolute atomic E-state index is 0.0192. The molecule has 1 amide bonds. The largest absolute Gasteiger partial charge is 0.497 e. The fourth-order valence-electron chi connectivity index (χ4n) is 2.76. The Morgan fingerprint density at radius 3 is 2.73 bits per heavy atom. The summed E-state index contributed by atoms with van der Waals surface area (Å²) in [6.45, 7) is 6.02. The van der Waals surface area contributed by atoms with Gasteiger partial charge < -0.3 is 10.1 Å². The van der Waals surface area contributed by atoms with Gasteiger partial charge in [0.2, 0.25) is 5.91 Å². The van der Waals surface area contributed by atoms with Gasteiger partial charge in [-0.1, -0.05) is 12.1 Å². The van der Waals surface area contributed by atoms with E-state index in [2.05, 4.69) is 10.3 Å². The molecule has 5 heteroatoms. The normalized spacial score (nSPS) is 10.8. The van der Waals surface area contributed by atoms with Crippen LogP contribution in [-0.4, -0.2) is 23.8 Å². The molecule has 0 fully saturated rings. The van der Waals surface area contributed by atoms with Crippen LogP contribution in [0, 0.1) is 20.8 Å². The van der Waals surface area contributed by atoms with E-state index in [0.29, 0.717) is 5.75 Å². The molecule has 0 saturated carbocycles. The highest BCUT2D eigenvalue weighted by molar-refractivity contribution is 8.00. The number of nitrogens with zero attached hydrogens (tertiary/aromatic N) is 1. The number of hydrogen-bond acceptors (Lipinski definition) is 4. The van der Waals surface area contributed by atoms with E-state index in [1.807, 2.05) is 63.2 Å². The van der Waals surface area contributed by atoms with E-state index in [1.165, 1.54) is 17.3 Å². The molecule has 0 bridgehead atoms. The number of nitrogens with one attached hydrogen (secondary N) is 1. The van der Waals surface area contributed by atoms with E-state index in [9.17, 15) is 4.79 Å². The number of methoxy groups -OCH3 is 1. The molecule has 1 aromatic heterocycles. The first-order chi connectivity index (χ1) is 12.5. The predicted octanol–water partition coefficient (Wildman–Crippen LogP) is 4.90. The van der Waals surface area contributed by atoms with Crippen LogP contribution in [0.2, 0.25) is 0 Å². The van der Waals surface area contributed by atoms with E-state index in [-0.39, 0.29) is 5.91 Å². The van der Waals surface area contributed by atoms with Gasteiger partial charge in [-0.15, -0.1) is 11.8 Å². The van der Waals surface area contributed by atoms with Gasteiger partial charge in [0.25, 0.3) is 0 Å². The number of carbonyl (C=O) groups is 1. The van der Waals surface area contributed by atoms with Crippen molar-refractivity contribution in [3.8, 4) is 5.75 Å². The van der Waals surface area contributed by atoms with Crippen molar-refractivity contribution < 1.29 is 9.53 Å². The maximum atomic E-state index is 12.4. The van der Waals surface area contributed by atoms with E-state index in [4.69, 9.17) is 4.74 Å². The van der Waals surface area contributed by atoms with E-state index in [1.54, 1.807) is 7.11 Å². The Morgan fingerprint density at radius 1 is 1.15 bits per heavy atom. The number of thioether (sulfide) groups is 1. The fraction of sp³-hybridized carbons (Fsp3) is 0.238. The van der Waals surface area contributed by atoms with Gasteiger partial charge in [0.15, 0.2) is 0 Å². The van der Waals surface area contributed by atoms with Crippen molar-refractivity contribution in [3.05, 3.63) is 59.3 Å². The minimum Gasteiger partial charge on any atom is -0.497 e. The summed E-state index contributed by atoms with van der Waals surface area (Å²) in [6.07, 6.45) is 0. The first-order valence-electron chi connectivity index (χ1n) is 8.42. The SMILES string of the molecule is COc1ccc2nc(C)cc(SCC(=O)Nc3cccc(C)c3C)c2c1. The van der Waals surface area contributed by atoms with Crippen LogP contribution in [0.25, 0.3) is 10.9 Å². The van der Waals surface area contributed by atoms with Gasteiger partial charge in [-0.25, -0.2) is 0 Å². The Bertz CT molecular complexity index is 970. The Hall–Kier alpha value is -2.53. The molecular weight excluding hydrogens is 344 g/mol. The van der Waals surface area contributed by atoms with Crippen LogP contribution < -0.4 is 10.1 Å². The van der Waals surface area contributed by atoms with Crippen molar-refractivity contribution in [2.24, 2.45) is 0 Å². The summed E-state index contributed by atoms with van der Waals surface area (Å²) in [6, 6.07) is 13.8. The molecule has 1 N–H and O–H groups in total. The van der Waals surface area contributed by atoms with Crippen molar-refractivity contribution in [3.63, 3.8) is 0 Å². The lowest BCUT2D eigenvalue weighted by molar-refractivity contribution is -0.113. The van der Waals surface area contributed by atoms with Crippen LogP contribution in [0.4, 0.5) is 5.69 Å². The van der Waals surface area contributed by atoms with Crippen molar-refractivity contribution >= 4 is 34.3 Å². The molecule has 0 radical (unpaired) electrons. The van der Waals surface area contributed by atoms with Crippen LogP contribution in [0.1, 0.15) is 16.8 Å². The van der Waals surface area contributed by atoms with Gasteiger partial charge in [-0.2, -0.15) is 0 Å². The summed E-state index contributed by atoms with van der Waals surface area (Å²) < 4.78 is 5.32. The number of rotatable bonds is 5. The zero-order valence-corrected chi connectivity index (χ0v) is 16.2. The Balaban J connectivity index is 1.78. The molecule has 0 saturated heterocycles. The first kappa shape index (κ1) is 18.3. The maximum Gasteiger partial charge on any atom is 0.234 e. The van der Waals surface area contributed by atoms with Gasteiger partial charge in [0.1, 0.15) is 5.75 Å². The van der Waals surface area contributed by atoms with Crippen LogP contribution in [0.5, 0.6) is 5.75 Å². The molecule has 3 rings (SSSR count). The molecule has 2 aromatic carbocycles. The smallest absolute Gasteiger partial charge is 0.234 e. The van der Waals surface area contributed by atoms with Crippen molar-refractivity contribution in [2.75, 3.05) is 18.2 Å². The molecule has 4 nitrogen and oxygen atoms in total. The predicted molar refractivity (Wildman–Crippen MR) is 108 cm³/mol. The number of anilines is 1. The summed E-state index contributed by atoms with van der Waals surface area (Å²) in [5.41, 5.74) is 4.97. The number of benzene rings is 2. The third-order valence-corrected chi connectivity index (χ3v) is 5.40. The lowest BCUT2D eigenvalue weighted by Crippen LogP contribution is -2.15. The topological polar surface area (TPSA) is 51.2 Å². The highest BCUT2D eigenvalue weighted by Gasteiger charge is 2.10. The Labute approximate surface area is 158 Å². The molecule has 3 aromatic rings. The van der Waals surface area contributed by atoms with Crippen LogP contribution in [0.3, 0.4) is 0 Å². The first-order valence-corrected chi connectivity index (χ1v) is 9.41. The monoisotopic (exact) mass is 366 g/mol. The lowest BCUT2D eigenvalue weighted by atomic mass is 10.1. The number of amides is 1. The third kappa shape index (κ3) is 3.99. The number of pyridine rings is 1. The van der Waals surface area contributed by atoms with Crippen molar-refractivity contribution in [1.82, 2.24) is 4.98 Å². The number of fused-ring (bicyclic) bond motifs is 1. The molecule has 0 atom stereocenters. The number of carbonyl (C=O) groups excluding carboxylic acids is 1. The number of aromatic nitrogens is 1. The molecule has 26 heavy (non-hydrogen) atoms. The standard InChI is InChI=1S/C21H22N2O2S/c1-13-6-5-7-18(15(13)3)23-21(24)12-26-20-10-14(2)22-19-9-8-16(25-4)11-17(19)20/h5-11H,12H2,1-4H3,(H,23,24). The van der Waals surface area contributed by atoms with Crippen molar-refractivity contribution in [1.29, 1.82) is 0 Å². The molecule has 1 heterocycles. The Kier molecular flexibility index (Phi) is 5.47. The highest BCUT2D eigenvalue weighted by Crippen LogP contribution is 2.30. The molecular formula is C21H22N2O2S. The molecule has 0 spiro atoms. The zero-order chi connectivity index (χ0) is 18.7. The average Bonchev–Trinajstić information content (AvgIpc) is 2.63. The summed E-state index contributed by atoms with van der Waals surface area (Å²) >= 11 is 1.51. The minimum atomic E-state index is -0.0192. The number of ether oxygens (including phenoxy) is 1. The second kappa shape index (κ2) is 7.79. The summed E-state index contributed by atoms with van der Waals surface area (Å²) in [4.78, 5) is 18.0. The quantitative estimate of drug-likeness (QED) is 0.653. The van der Waals surface area contributed by atoms with Gasteiger partial charge in [-0.05, 0) is 62.2 Å². The maximum absolute atomic E-state index is 12.4.